The molecule has 6 nitrogen and oxygen atoms in total. The molecule has 0 unspecified atom stereocenters. The summed E-state index contributed by atoms with van der Waals surface area (Å²) in [6.07, 6.45) is 1.44. The molecule has 0 bridgehead atoms. The van der Waals surface area contributed by atoms with Gasteiger partial charge in [-0.3, -0.25) is 4.79 Å². The molecule has 24 heavy (non-hydrogen) atoms. The fraction of sp³-hybridized carbons (Fsp3) is 0.176. The Kier molecular flexibility index (Phi) is 4.86. The van der Waals surface area contributed by atoms with Crippen molar-refractivity contribution in [3.63, 3.8) is 0 Å². The lowest BCUT2D eigenvalue weighted by molar-refractivity contribution is -0.123. The van der Waals surface area contributed by atoms with Crippen LogP contribution in [0.5, 0.6) is 17.2 Å². The highest BCUT2D eigenvalue weighted by Crippen LogP contribution is 2.36. The monoisotopic (exact) mass is 346 g/mol. The molecule has 3 rings (SSSR count). The molecule has 0 fully saturated rings. The van der Waals surface area contributed by atoms with Gasteiger partial charge in [0.1, 0.15) is 5.75 Å². The van der Waals surface area contributed by atoms with E-state index in [2.05, 4.69) is 10.5 Å². The first-order chi connectivity index (χ1) is 11.6. The second kappa shape index (κ2) is 7.23. The van der Waals surface area contributed by atoms with Gasteiger partial charge >= 0.3 is 0 Å². The van der Waals surface area contributed by atoms with Crippen LogP contribution in [0.15, 0.2) is 41.5 Å². The predicted molar refractivity (Wildman–Crippen MR) is 90.0 cm³/mol. The molecule has 7 heteroatoms. The number of halogens is 1. The van der Waals surface area contributed by atoms with Crippen LogP contribution in [0.2, 0.25) is 5.02 Å². The van der Waals surface area contributed by atoms with Crippen LogP contribution in [0, 0.1) is 6.92 Å². The summed E-state index contributed by atoms with van der Waals surface area (Å²) in [6.45, 7) is 1.99. The third-order valence-corrected chi connectivity index (χ3v) is 3.57. The summed E-state index contributed by atoms with van der Waals surface area (Å²) in [4.78, 5) is 11.7. The maximum atomic E-state index is 11.7. The van der Waals surface area contributed by atoms with Gasteiger partial charge in [0.2, 0.25) is 6.79 Å². The Balaban J connectivity index is 1.53. The van der Waals surface area contributed by atoms with Crippen molar-refractivity contribution in [1.29, 1.82) is 0 Å². The number of nitrogens with one attached hydrogen (secondary N) is 1. The molecule has 0 spiro atoms. The zero-order valence-corrected chi connectivity index (χ0v) is 13.7. The van der Waals surface area contributed by atoms with Gasteiger partial charge < -0.3 is 14.2 Å². The Morgan fingerprint density at radius 2 is 2.12 bits per heavy atom. The fourth-order valence-corrected chi connectivity index (χ4v) is 2.29. The molecule has 0 saturated heterocycles. The number of fused-ring (bicyclic) bond motifs is 1. The minimum atomic E-state index is -0.371. The molecule has 2 aromatic carbocycles. The molecular weight excluding hydrogens is 332 g/mol. The fourth-order valence-electron chi connectivity index (χ4n) is 2.09. The molecule has 124 valence electrons. The van der Waals surface area contributed by atoms with Crippen LogP contribution in [0.3, 0.4) is 0 Å². The minimum Gasteiger partial charge on any atom is -0.484 e. The van der Waals surface area contributed by atoms with Crippen LogP contribution in [-0.2, 0) is 4.79 Å². The standard InChI is InChI=1S/C17H15ClN2O4/c1-11-3-2-4-13(5-11)22-9-17(21)20-19-8-12-6-15-16(7-14(12)18)24-10-23-15/h2-8H,9-10H2,1H3,(H,20,21)/b19-8-. The molecule has 1 amide bonds. The summed E-state index contributed by atoms with van der Waals surface area (Å²) in [5, 5.41) is 4.32. The molecule has 1 heterocycles. The normalized spacial score (nSPS) is 12.4. The van der Waals surface area contributed by atoms with Crippen LogP contribution >= 0.6 is 11.6 Å². The van der Waals surface area contributed by atoms with Crippen molar-refractivity contribution in [3.05, 3.63) is 52.5 Å². The Labute approximate surface area is 144 Å². The number of carbonyl (C=O) groups excluding carboxylic acids is 1. The van der Waals surface area contributed by atoms with E-state index in [1.807, 2.05) is 25.1 Å². The molecule has 2 aromatic rings. The number of amides is 1. The van der Waals surface area contributed by atoms with E-state index in [9.17, 15) is 4.79 Å². The molecule has 1 N–H and O–H groups in total. The summed E-state index contributed by atoms with van der Waals surface area (Å²) in [5.74, 6) is 1.44. The molecular formula is C17H15ClN2O4. The zero-order valence-electron chi connectivity index (χ0n) is 12.9. The van der Waals surface area contributed by atoms with Gasteiger partial charge in [-0.05, 0) is 30.7 Å². The Morgan fingerprint density at radius 1 is 1.33 bits per heavy atom. The Bertz CT molecular complexity index is 792. The van der Waals surface area contributed by atoms with Crippen LogP contribution in [0.25, 0.3) is 0 Å². The topological polar surface area (TPSA) is 69.2 Å². The van der Waals surface area contributed by atoms with Crippen molar-refractivity contribution < 1.29 is 19.0 Å². The molecule has 0 aromatic heterocycles. The SMILES string of the molecule is Cc1cccc(OCC(=O)N/N=C\c2cc3c(cc2Cl)OCO3)c1. The zero-order chi connectivity index (χ0) is 16.9. The van der Waals surface area contributed by atoms with Gasteiger partial charge in [-0.1, -0.05) is 23.7 Å². The van der Waals surface area contributed by atoms with Gasteiger partial charge in [-0.25, -0.2) is 5.43 Å². The second-order valence-corrected chi connectivity index (χ2v) is 5.53. The first-order valence-electron chi connectivity index (χ1n) is 7.22. The second-order valence-electron chi connectivity index (χ2n) is 5.13. The maximum absolute atomic E-state index is 11.7. The van der Waals surface area contributed by atoms with Gasteiger partial charge in [0.25, 0.3) is 5.91 Å². The average molecular weight is 347 g/mol. The van der Waals surface area contributed by atoms with E-state index in [0.717, 1.165) is 5.56 Å². The Hall–Kier alpha value is -2.73. The summed E-state index contributed by atoms with van der Waals surface area (Å²) in [7, 11) is 0. The number of hydrogen-bond acceptors (Lipinski definition) is 5. The van der Waals surface area contributed by atoms with Crippen molar-refractivity contribution in [2.24, 2.45) is 5.10 Å². The first-order valence-corrected chi connectivity index (χ1v) is 7.60. The van der Waals surface area contributed by atoms with Crippen molar-refractivity contribution in [2.75, 3.05) is 13.4 Å². The summed E-state index contributed by atoms with van der Waals surface area (Å²) >= 11 is 6.12. The van der Waals surface area contributed by atoms with E-state index in [1.165, 1.54) is 6.21 Å². The lowest BCUT2D eigenvalue weighted by Crippen LogP contribution is -2.24. The van der Waals surface area contributed by atoms with Gasteiger partial charge in [-0.2, -0.15) is 5.10 Å². The molecule has 0 atom stereocenters. The van der Waals surface area contributed by atoms with Gasteiger partial charge in [-0.15, -0.1) is 0 Å². The van der Waals surface area contributed by atoms with Crippen LogP contribution < -0.4 is 19.6 Å². The number of benzene rings is 2. The summed E-state index contributed by atoms with van der Waals surface area (Å²) < 4.78 is 15.9. The lowest BCUT2D eigenvalue weighted by atomic mass is 10.2. The lowest BCUT2D eigenvalue weighted by Gasteiger charge is -2.05. The first kappa shape index (κ1) is 16.1. The number of hydrazone groups is 1. The highest BCUT2D eigenvalue weighted by atomic mass is 35.5. The third-order valence-electron chi connectivity index (χ3n) is 3.24. The third kappa shape index (κ3) is 3.97. The molecule has 1 aliphatic rings. The highest BCUT2D eigenvalue weighted by molar-refractivity contribution is 6.33. The highest BCUT2D eigenvalue weighted by Gasteiger charge is 2.15. The van der Waals surface area contributed by atoms with E-state index in [0.29, 0.717) is 27.8 Å². The van der Waals surface area contributed by atoms with E-state index in [-0.39, 0.29) is 19.3 Å². The molecule has 1 aliphatic heterocycles. The number of ether oxygens (including phenoxy) is 3. The van der Waals surface area contributed by atoms with Crippen molar-refractivity contribution >= 4 is 23.7 Å². The molecule has 0 radical (unpaired) electrons. The number of rotatable bonds is 5. The number of carbonyl (C=O) groups is 1. The van der Waals surface area contributed by atoms with E-state index in [1.54, 1.807) is 18.2 Å². The van der Waals surface area contributed by atoms with Gasteiger partial charge in [0, 0.05) is 11.6 Å². The van der Waals surface area contributed by atoms with Crippen molar-refractivity contribution in [3.8, 4) is 17.2 Å². The van der Waals surface area contributed by atoms with Gasteiger partial charge in [0.15, 0.2) is 18.1 Å². The van der Waals surface area contributed by atoms with E-state index < -0.39 is 0 Å². The minimum absolute atomic E-state index is 0.129. The molecule has 0 saturated carbocycles. The number of aryl methyl sites for hydroxylation is 1. The van der Waals surface area contributed by atoms with Crippen molar-refractivity contribution in [2.45, 2.75) is 6.92 Å². The largest absolute Gasteiger partial charge is 0.484 e. The average Bonchev–Trinajstić information content (AvgIpc) is 3.00. The van der Waals surface area contributed by atoms with Crippen LogP contribution in [-0.4, -0.2) is 25.5 Å². The van der Waals surface area contributed by atoms with E-state index in [4.69, 9.17) is 25.8 Å². The van der Waals surface area contributed by atoms with Crippen molar-refractivity contribution in [1.82, 2.24) is 5.43 Å². The predicted octanol–water partition coefficient (Wildman–Crippen LogP) is 2.91. The van der Waals surface area contributed by atoms with E-state index >= 15 is 0 Å². The summed E-state index contributed by atoms with van der Waals surface area (Å²) in [6, 6.07) is 10.8. The smallest absolute Gasteiger partial charge is 0.277 e. The number of nitrogens with zero attached hydrogens (tertiary/aromatic N) is 1. The maximum Gasteiger partial charge on any atom is 0.277 e. The summed E-state index contributed by atoms with van der Waals surface area (Å²) in [5.41, 5.74) is 4.06. The quantitative estimate of drug-likeness (QED) is 0.667. The molecule has 0 aliphatic carbocycles. The Morgan fingerprint density at radius 3 is 2.92 bits per heavy atom. The number of hydrogen-bond donors (Lipinski definition) is 1. The van der Waals surface area contributed by atoms with Crippen LogP contribution in [0.1, 0.15) is 11.1 Å². The van der Waals surface area contributed by atoms with Gasteiger partial charge in [0.05, 0.1) is 11.2 Å². The van der Waals surface area contributed by atoms with Crippen LogP contribution in [0.4, 0.5) is 0 Å².